The Morgan fingerprint density at radius 3 is 2.88 bits per heavy atom. The predicted octanol–water partition coefficient (Wildman–Crippen LogP) is 1.20. The van der Waals surface area contributed by atoms with Gasteiger partial charge in [0, 0.05) is 24.4 Å². The van der Waals surface area contributed by atoms with Gasteiger partial charge in [-0.3, -0.25) is 19.5 Å². The van der Waals surface area contributed by atoms with Gasteiger partial charge in [0.2, 0.25) is 0 Å². The Kier molecular flexibility index (Phi) is 2.95. The van der Waals surface area contributed by atoms with Crippen molar-refractivity contribution in [3.63, 3.8) is 0 Å². The molecule has 0 aliphatic rings. The number of non-ortho nitro benzene ring substituents is 1. The second-order valence-corrected chi connectivity index (χ2v) is 3.47. The van der Waals surface area contributed by atoms with Crippen LogP contribution in [-0.2, 0) is 6.54 Å². The van der Waals surface area contributed by atoms with Crippen molar-refractivity contribution in [2.24, 2.45) is 0 Å². The molecule has 1 heterocycles. The molecule has 0 bridgehead atoms. The van der Waals surface area contributed by atoms with E-state index in [0.29, 0.717) is 5.56 Å². The number of rotatable bonds is 3. The van der Waals surface area contributed by atoms with Crippen LogP contribution in [-0.4, -0.2) is 14.5 Å². The Labute approximate surface area is 96.3 Å². The summed E-state index contributed by atoms with van der Waals surface area (Å²) in [4.78, 5) is 25.4. The van der Waals surface area contributed by atoms with E-state index in [9.17, 15) is 14.9 Å². The van der Waals surface area contributed by atoms with Crippen molar-refractivity contribution in [3.05, 3.63) is 68.9 Å². The second kappa shape index (κ2) is 4.56. The summed E-state index contributed by atoms with van der Waals surface area (Å²) >= 11 is 0. The molecule has 0 saturated heterocycles. The van der Waals surface area contributed by atoms with Crippen LogP contribution in [0.15, 0.2) is 47.7 Å². The van der Waals surface area contributed by atoms with Gasteiger partial charge in [0.05, 0.1) is 17.8 Å². The van der Waals surface area contributed by atoms with Gasteiger partial charge in [-0.25, -0.2) is 4.98 Å². The zero-order valence-corrected chi connectivity index (χ0v) is 8.81. The molecule has 0 aliphatic carbocycles. The molecule has 0 fully saturated rings. The molecule has 0 atom stereocenters. The van der Waals surface area contributed by atoms with E-state index in [1.54, 1.807) is 12.1 Å². The van der Waals surface area contributed by atoms with Crippen molar-refractivity contribution in [1.82, 2.24) is 9.55 Å². The largest absolute Gasteiger partial charge is 0.295 e. The first-order valence-corrected chi connectivity index (χ1v) is 4.90. The zero-order valence-electron chi connectivity index (χ0n) is 8.81. The van der Waals surface area contributed by atoms with E-state index in [2.05, 4.69) is 4.98 Å². The first-order valence-electron chi connectivity index (χ1n) is 4.90. The number of nitro benzene ring substituents is 1. The standard InChI is InChI=1S/C11H9N3O3/c15-11-4-5-12-8-13(11)7-9-2-1-3-10(6-9)14(16)17/h1-6,8H,7H2. The van der Waals surface area contributed by atoms with Gasteiger partial charge in [-0.15, -0.1) is 0 Å². The number of benzene rings is 1. The molecule has 86 valence electrons. The van der Waals surface area contributed by atoms with E-state index >= 15 is 0 Å². The van der Waals surface area contributed by atoms with Crippen molar-refractivity contribution >= 4 is 5.69 Å². The maximum Gasteiger partial charge on any atom is 0.269 e. The van der Waals surface area contributed by atoms with E-state index in [1.165, 1.54) is 35.3 Å². The van der Waals surface area contributed by atoms with Gasteiger partial charge in [-0.05, 0) is 5.56 Å². The lowest BCUT2D eigenvalue weighted by molar-refractivity contribution is -0.384. The number of nitro groups is 1. The summed E-state index contributed by atoms with van der Waals surface area (Å²) in [6, 6.07) is 7.52. The summed E-state index contributed by atoms with van der Waals surface area (Å²) in [7, 11) is 0. The smallest absolute Gasteiger partial charge is 0.269 e. The minimum absolute atomic E-state index is 0.0134. The first-order chi connectivity index (χ1) is 8.16. The molecular weight excluding hydrogens is 222 g/mol. The highest BCUT2D eigenvalue weighted by molar-refractivity contribution is 5.34. The molecule has 0 spiro atoms. The van der Waals surface area contributed by atoms with Gasteiger partial charge in [-0.1, -0.05) is 12.1 Å². The maximum absolute atomic E-state index is 11.4. The van der Waals surface area contributed by atoms with Gasteiger partial charge >= 0.3 is 0 Å². The van der Waals surface area contributed by atoms with Crippen LogP contribution in [0.5, 0.6) is 0 Å². The van der Waals surface area contributed by atoms with Crippen molar-refractivity contribution < 1.29 is 4.92 Å². The maximum atomic E-state index is 11.4. The monoisotopic (exact) mass is 231 g/mol. The number of hydrogen-bond donors (Lipinski definition) is 0. The van der Waals surface area contributed by atoms with Gasteiger partial charge < -0.3 is 0 Å². The highest BCUT2D eigenvalue weighted by Gasteiger charge is 2.06. The van der Waals surface area contributed by atoms with Gasteiger partial charge in [0.1, 0.15) is 0 Å². The van der Waals surface area contributed by atoms with Crippen molar-refractivity contribution in [1.29, 1.82) is 0 Å². The van der Waals surface area contributed by atoms with E-state index in [4.69, 9.17) is 0 Å². The van der Waals surface area contributed by atoms with E-state index < -0.39 is 4.92 Å². The first kappa shape index (κ1) is 11.0. The molecule has 0 radical (unpaired) electrons. The molecule has 2 rings (SSSR count). The lowest BCUT2D eigenvalue weighted by Crippen LogP contribution is -2.19. The molecular formula is C11H9N3O3. The van der Waals surface area contributed by atoms with E-state index in [-0.39, 0.29) is 17.8 Å². The number of hydrogen-bond acceptors (Lipinski definition) is 4. The molecule has 1 aromatic carbocycles. The van der Waals surface area contributed by atoms with E-state index in [1.807, 2.05) is 0 Å². The lowest BCUT2D eigenvalue weighted by Gasteiger charge is -2.03. The van der Waals surface area contributed by atoms with Gasteiger partial charge in [0.15, 0.2) is 0 Å². The van der Waals surface area contributed by atoms with Crippen LogP contribution in [0.25, 0.3) is 0 Å². The fraction of sp³-hybridized carbons (Fsp3) is 0.0909. The quantitative estimate of drug-likeness (QED) is 0.587. The summed E-state index contributed by atoms with van der Waals surface area (Å²) in [5.41, 5.74) is 0.514. The molecule has 0 unspecified atom stereocenters. The van der Waals surface area contributed by atoms with Gasteiger partial charge in [0.25, 0.3) is 11.2 Å². The minimum atomic E-state index is -0.463. The number of aromatic nitrogens is 2. The third kappa shape index (κ3) is 2.54. The van der Waals surface area contributed by atoms with Crippen LogP contribution in [0.3, 0.4) is 0 Å². The van der Waals surface area contributed by atoms with Crippen molar-refractivity contribution in [3.8, 4) is 0 Å². The third-order valence-corrected chi connectivity index (χ3v) is 2.27. The third-order valence-electron chi connectivity index (χ3n) is 2.27. The highest BCUT2D eigenvalue weighted by atomic mass is 16.6. The Morgan fingerprint density at radius 2 is 2.18 bits per heavy atom. The summed E-state index contributed by atoms with van der Waals surface area (Å²) in [6.45, 7) is 0.272. The summed E-state index contributed by atoms with van der Waals surface area (Å²) in [5.74, 6) is 0. The lowest BCUT2D eigenvalue weighted by atomic mass is 10.2. The molecule has 0 amide bonds. The molecule has 2 aromatic rings. The molecule has 6 nitrogen and oxygen atoms in total. The summed E-state index contributed by atoms with van der Waals surface area (Å²) in [6.07, 6.45) is 2.81. The normalized spacial score (nSPS) is 10.1. The van der Waals surface area contributed by atoms with Crippen molar-refractivity contribution in [2.45, 2.75) is 6.54 Å². The molecule has 6 heteroatoms. The van der Waals surface area contributed by atoms with Crippen LogP contribution < -0.4 is 5.56 Å². The minimum Gasteiger partial charge on any atom is -0.295 e. The van der Waals surface area contributed by atoms with Crippen LogP contribution in [0.4, 0.5) is 5.69 Å². The average Bonchev–Trinajstić information content (AvgIpc) is 2.32. The Bertz CT molecular complexity index is 607. The molecule has 1 aromatic heterocycles. The fourth-order valence-corrected chi connectivity index (χ4v) is 1.46. The van der Waals surface area contributed by atoms with Crippen LogP contribution in [0.2, 0.25) is 0 Å². The van der Waals surface area contributed by atoms with Gasteiger partial charge in [-0.2, -0.15) is 0 Å². The van der Waals surface area contributed by atoms with Crippen molar-refractivity contribution in [2.75, 3.05) is 0 Å². The van der Waals surface area contributed by atoms with Crippen LogP contribution in [0, 0.1) is 10.1 Å². The summed E-state index contributed by atoms with van der Waals surface area (Å²) in [5, 5.41) is 10.6. The Balaban J connectivity index is 2.31. The van der Waals surface area contributed by atoms with E-state index in [0.717, 1.165) is 0 Å². The summed E-state index contributed by atoms with van der Waals surface area (Å²) < 4.78 is 1.39. The number of nitrogens with zero attached hydrogens (tertiary/aromatic N) is 3. The SMILES string of the molecule is O=c1ccncn1Cc1cccc([N+](=O)[O-])c1. The molecule has 0 saturated carbocycles. The molecule has 0 aliphatic heterocycles. The van der Waals surface area contributed by atoms with Crippen LogP contribution >= 0.6 is 0 Å². The fourth-order valence-electron chi connectivity index (χ4n) is 1.46. The molecule has 0 N–H and O–H groups in total. The Morgan fingerprint density at radius 1 is 1.35 bits per heavy atom. The Hall–Kier alpha value is -2.50. The zero-order chi connectivity index (χ0) is 12.3. The van der Waals surface area contributed by atoms with Crippen LogP contribution in [0.1, 0.15) is 5.56 Å². The second-order valence-electron chi connectivity index (χ2n) is 3.47. The highest BCUT2D eigenvalue weighted by Crippen LogP contribution is 2.13. The topological polar surface area (TPSA) is 78.0 Å². The molecule has 17 heavy (non-hydrogen) atoms. The predicted molar refractivity (Wildman–Crippen MR) is 60.7 cm³/mol. The average molecular weight is 231 g/mol.